The molecule has 0 bridgehead atoms. The summed E-state index contributed by atoms with van der Waals surface area (Å²) < 4.78 is 0. The second-order valence-corrected chi connectivity index (χ2v) is 5.45. The van der Waals surface area contributed by atoms with Crippen molar-refractivity contribution in [2.24, 2.45) is 11.8 Å². The van der Waals surface area contributed by atoms with Gasteiger partial charge < -0.3 is 0 Å². The van der Waals surface area contributed by atoms with E-state index < -0.39 is 0 Å². The predicted molar refractivity (Wildman–Crippen MR) is 73.6 cm³/mol. The Morgan fingerprint density at radius 1 is 1.35 bits per heavy atom. The SMILES string of the molecule is Cc1cc(C)cc(CSCC(C)C(=O)NN)c1. The van der Waals surface area contributed by atoms with Gasteiger partial charge in [0.2, 0.25) is 5.91 Å². The Morgan fingerprint density at radius 2 is 1.94 bits per heavy atom. The Balaban J connectivity index is 2.43. The molecule has 0 spiro atoms. The van der Waals surface area contributed by atoms with Crippen molar-refractivity contribution in [2.75, 3.05) is 5.75 Å². The molecule has 1 atom stereocenters. The van der Waals surface area contributed by atoms with Gasteiger partial charge in [0.25, 0.3) is 0 Å². The van der Waals surface area contributed by atoms with E-state index in [1.807, 2.05) is 6.92 Å². The average Bonchev–Trinajstić information content (AvgIpc) is 2.26. The number of benzene rings is 1. The van der Waals surface area contributed by atoms with Crippen LogP contribution in [0.25, 0.3) is 0 Å². The van der Waals surface area contributed by atoms with Crippen LogP contribution in [0.1, 0.15) is 23.6 Å². The minimum Gasteiger partial charge on any atom is -0.294 e. The predicted octanol–water partition coefficient (Wildman–Crippen LogP) is 2.16. The summed E-state index contributed by atoms with van der Waals surface area (Å²) in [4.78, 5) is 11.2. The van der Waals surface area contributed by atoms with Gasteiger partial charge in [-0.1, -0.05) is 36.2 Å². The first-order valence-corrected chi connectivity index (χ1v) is 6.83. The molecule has 0 heterocycles. The van der Waals surface area contributed by atoms with Gasteiger partial charge in [0.1, 0.15) is 0 Å². The molecule has 0 fully saturated rings. The maximum absolute atomic E-state index is 11.2. The van der Waals surface area contributed by atoms with Crippen LogP contribution in [0, 0.1) is 19.8 Å². The van der Waals surface area contributed by atoms with Gasteiger partial charge in [-0.15, -0.1) is 0 Å². The molecule has 1 aromatic carbocycles. The number of rotatable bonds is 5. The van der Waals surface area contributed by atoms with Crippen LogP contribution < -0.4 is 11.3 Å². The number of hydrogen-bond acceptors (Lipinski definition) is 3. The van der Waals surface area contributed by atoms with Crippen LogP contribution in [0.5, 0.6) is 0 Å². The van der Waals surface area contributed by atoms with Crippen LogP contribution in [0.15, 0.2) is 18.2 Å². The zero-order chi connectivity index (χ0) is 12.8. The number of amides is 1. The molecular formula is C13H20N2OS. The molecule has 0 aliphatic rings. The van der Waals surface area contributed by atoms with Crippen molar-refractivity contribution in [1.82, 2.24) is 5.43 Å². The van der Waals surface area contributed by atoms with E-state index in [4.69, 9.17) is 5.84 Å². The molecule has 3 N–H and O–H groups in total. The zero-order valence-corrected chi connectivity index (χ0v) is 11.4. The molecule has 0 saturated heterocycles. The van der Waals surface area contributed by atoms with Crippen LogP contribution in [0.3, 0.4) is 0 Å². The fourth-order valence-corrected chi connectivity index (χ4v) is 2.75. The highest BCUT2D eigenvalue weighted by Crippen LogP contribution is 2.18. The van der Waals surface area contributed by atoms with Crippen LogP contribution in [0.2, 0.25) is 0 Å². The van der Waals surface area contributed by atoms with Crippen molar-refractivity contribution in [3.63, 3.8) is 0 Å². The van der Waals surface area contributed by atoms with E-state index in [1.54, 1.807) is 11.8 Å². The lowest BCUT2D eigenvalue weighted by atomic mass is 10.1. The molecule has 1 amide bonds. The van der Waals surface area contributed by atoms with Crippen LogP contribution in [0.4, 0.5) is 0 Å². The molecule has 0 aliphatic heterocycles. The van der Waals surface area contributed by atoms with Crippen molar-refractivity contribution in [3.05, 3.63) is 34.9 Å². The number of hydrogen-bond donors (Lipinski definition) is 2. The second-order valence-electron chi connectivity index (χ2n) is 4.42. The fourth-order valence-electron chi connectivity index (χ4n) is 1.72. The number of nitrogens with one attached hydrogen (secondary N) is 1. The van der Waals surface area contributed by atoms with E-state index in [9.17, 15) is 4.79 Å². The Hall–Kier alpha value is -1.00. The maximum Gasteiger partial charge on any atom is 0.237 e. The lowest BCUT2D eigenvalue weighted by Gasteiger charge is -2.09. The van der Waals surface area contributed by atoms with E-state index in [2.05, 4.69) is 37.5 Å². The molecule has 0 aliphatic carbocycles. The number of carbonyl (C=O) groups is 1. The normalized spacial score (nSPS) is 12.2. The van der Waals surface area contributed by atoms with E-state index >= 15 is 0 Å². The molecule has 94 valence electrons. The first kappa shape index (κ1) is 14.1. The third kappa shape index (κ3) is 4.79. The van der Waals surface area contributed by atoms with Gasteiger partial charge in [-0.05, 0) is 19.4 Å². The molecule has 0 saturated carbocycles. The summed E-state index contributed by atoms with van der Waals surface area (Å²) in [6.07, 6.45) is 0. The van der Waals surface area contributed by atoms with Gasteiger partial charge in [0.05, 0.1) is 0 Å². The smallest absolute Gasteiger partial charge is 0.237 e. The first-order valence-electron chi connectivity index (χ1n) is 5.68. The molecular weight excluding hydrogens is 232 g/mol. The topological polar surface area (TPSA) is 55.1 Å². The zero-order valence-electron chi connectivity index (χ0n) is 10.6. The van der Waals surface area contributed by atoms with Crippen LogP contribution in [-0.4, -0.2) is 11.7 Å². The van der Waals surface area contributed by atoms with Crippen molar-refractivity contribution in [3.8, 4) is 0 Å². The lowest BCUT2D eigenvalue weighted by molar-refractivity contribution is -0.123. The molecule has 1 unspecified atom stereocenters. The van der Waals surface area contributed by atoms with Gasteiger partial charge >= 0.3 is 0 Å². The Kier molecular flexibility index (Phi) is 5.51. The molecule has 0 aromatic heterocycles. The van der Waals surface area contributed by atoms with Gasteiger partial charge in [-0.3, -0.25) is 10.2 Å². The average molecular weight is 252 g/mol. The number of nitrogens with two attached hydrogens (primary N) is 1. The number of carbonyl (C=O) groups excluding carboxylic acids is 1. The molecule has 4 heteroatoms. The third-order valence-electron chi connectivity index (χ3n) is 2.51. The Labute approximate surface area is 107 Å². The van der Waals surface area contributed by atoms with Crippen molar-refractivity contribution < 1.29 is 4.79 Å². The van der Waals surface area contributed by atoms with E-state index in [0.717, 1.165) is 11.5 Å². The maximum atomic E-state index is 11.2. The summed E-state index contributed by atoms with van der Waals surface area (Å²) in [7, 11) is 0. The van der Waals surface area contributed by atoms with Crippen molar-refractivity contribution in [2.45, 2.75) is 26.5 Å². The summed E-state index contributed by atoms with van der Waals surface area (Å²) in [6.45, 7) is 6.09. The van der Waals surface area contributed by atoms with E-state index in [1.165, 1.54) is 16.7 Å². The van der Waals surface area contributed by atoms with Gasteiger partial charge in [0.15, 0.2) is 0 Å². The third-order valence-corrected chi connectivity index (χ3v) is 3.78. The summed E-state index contributed by atoms with van der Waals surface area (Å²) in [5.41, 5.74) is 6.06. The second kappa shape index (κ2) is 6.67. The molecule has 1 rings (SSSR count). The summed E-state index contributed by atoms with van der Waals surface area (Å²) in [6, 6.07) is 6.54. The quantitative estimate of drug-likeness (QED) is 0.480. The summed E-state index contributed by atoms with van der Waals surface area (Å²) >= 11 is 1.76. The number of aryl methyl sites for hydroxylation is 2. The molecule has 17 heavy (non-hydrogen) atoms. The van der Waals surface area contributed by atoms with E-state index in [0.29, 0.717) is 0 Å². The summed E-state index contributed by atoms with van der Waals surface area (Å²) in [5, 5.41) is 0. The van der Waals surface area contributed by atoms with Crippen LogP contribution >= 0.6 is 11.8 Å². The lowest BCUT2D eigenvalue weighted by Crippen LogP contribution is -2.35. The standard InChI is InChI=1S/C13H20N2OS/c1-9-4-10(2)6-12(5-9)8-17-7-11(3)13(16)15-14/h4-6,11H,7-8,14H2,1-3H3,(H,15,16). The fraction of sp³-hybridized carbons (Fsp3) is 0.462. The Morgan fingerprint density at radius 3 is 2.47 bits per heavy atom. The number of thioether (sulfide) groups is 1. The largest absolute Gasteiger partial charge is 0.294 e. The highest BCUT2D eigenvalue weighted by molar-refractivity contribution is 7.98. The van der Waals surface area contributed by atoms with Crippen molar-refractivity contribution in [1.29, 1.82) is 0 Å². The highest BCUT2D eigenvalue weighted by Gasteiger charge is 2.10. The van der Waals surface area contributed by atoms with Crippen LogP contribution in [-0.2, 0) is 10.5 Å². The Bertz CT molecular complexity index is 373. The summed E-state index contributed by atoms with van der Waals surface area (Å²) in [5.74, 6) is 6.67. The minimum atomic E-state index is -0.0991. The minimum absolute atomic E-state index is 0.0455. The van der Waals surface area contributed by atoms with Gasteiger partial charge in [-0.25, -0.2) is 5.84 Å². The highest BCUT2D eigenvalue weighted by atomic mass is 32.2. The van der Waals surface area contributed by atoms with Gasteiger partial charge in [-0.2, -0.15) is 11.8 Å². The van der Waals surface area contributed by atoms with Gasteiger partial charge in [0, 0.05) is 17.4 Å². The number of hydrazine groups is 1. The molecule has 3 nitrogen and oxygen atoms in total. The molecule has 1 aromatic rings. The first-order chi connectivity index (χ1) is 8.02. The van der Waals surface area contributed by atoms with E-state index in [-0.39, 0.29) is 11.8 Å². The monoisotopic (exact) mass is 252 g/mol. The molecule has 0 radical (unpaired) electrons. The van der Waals surface area contributed by atoms with Crippen molar-refractivity contribution >= 4 is 17.7 Å².